The molecule has 1 N–H and O–H groups in total. The van der Waals surface area contributed by atoms with E-state index in [0.717, 1.165) is 32.4 Å². The van der Waals surface area contributed by atoms with Crippen LogP contribution in [0.3, 0.4) is 0 Å². The number of nitrogens with zero attached hydrogens (tertiary/aromatic N) is 2. The normalized spacial score (nSPS) is 14.8. The van der Waals surface area contributed by atoms with Gasteiger partial charge in [-0.15, -0.1) is 13.2 Å². The zero-order valence-corrected chi connectivity index (χ0v) is 13.9. The van der Waals surface area contributed by atoms with Crippen LogP contribution in [0.5, 0.6) is 5.75 Å². The van der Waals surface area contributed by atoms with Crippen LogP contribution in [0.4, 0.5) is 24.7 Å². The molecule has 0 saturated carbocycles. The van der Waals surface area contributed by atoms with E-state index in [1.54, 1.807) is 12.1 Å². The summed E-state index contributed by atoms with van der Waals surface area (Å²) in [6.45, 7) is 1.54. The van der Waals surface area contributed by atoms with E-state index in [4.69, 9.17) is 0 Å². The van der Waals surface area contributed by atoms with Crippen LogP contribution in [0.15, 0.2) is 42.6 Å². The molecule has 138 valence electrons. The number of likely N-dealkylation sites (tertiary alicyclic amines) is 1. The van der Waals surface area contributed by atoms with E-state index in [1.165, 1.54) is 30.5 Å². The molecular weight excluding hydrogens is 347 g/mol. The number of amides is 1. The number of nitrogens with one attached hydrogen (secondary N) is 1. The third-order valence-electron chi connectivity index (χ3n) is 4.01. The summed E-state index contributed by atoms with van der Waals surface area (Å²) in [6, 6.07) is 8.68. The lowest BCUT2D eigenvalue weighted by Crippen LogP contribution is -2.35. The summed E-state index contributed by atoms with van der Waals surface area (Å²) in [5.41, 5.74) is 1.08. The fourth-order valence-corrected chi connectivity index (χ4v) is 2.76. The first kappa shape index (κ1) is 18.0. The Kier molecular flexibility index (Phi) is 5.29. The zero-order chi connectivity index (χ0) is 18.6. The van der Waals surface area contributed by atoms with E-state index >= 15 is 0 Å². The highest BCUT2D eigenvalue weighted by molar-refractivity contribution is 5.94. The highest BCUT2D eigenvalue weighted by atomic mass is 19.4. The Hall–Kier alpha value is -2.77. The predicted molar refractivity (Wildman–Crippen MR) is 90.4 cm³/mol. The van der Waals surface area contributed by atoms with Gasteiger partial charge in [0, 0.05) is 25.0 Å². The second-order valence-corrected chi connectivity index (χ2v) is 5.98. The standard InChI is InChI=1S/C18H18F3N3O2/c19-18(20,21)26-15-7-5-14(6-8-15)23-16-9-4-13(12-22-16)17(25)24-10-2-1-3-11-24/h4-9,12H,1-3,10-11H2,(H,22,23). The molecule has 1 aromatic carbocycles. The summed E-state index contributed by atoms with van der Waals surface area (Å²) in [4.78, 5) is 18.4. The van der Waals surface area contributed by atoms with Crippen LogP contribution in [0.2, 0.25) is 0 Å². The molecule has 3 rings (SSSR count). The number of halogens is 3. The molecule has 0 bridgehead atoms. The van der Waals surface area contributed by atoms with Gasteiger partial charge in [-0.1, -0.05) is 0 Å². The summed E-state index contributed by atoms with van der Waals surface area (Å²) in [6.07, 6.45) is -0.0228. The lowest BCUT2D eigenvalue weighted by Gasteiger charge is -2.26. The minimum atomic E-state index is -4.72. The average Bonchev–Trinajstić information content (AvgIpc) is 2.63. The van der Waals surface area contributed by atoms with Crippen molar-refractivity contribution in [2.24, 2.45) is 0 Å². The van der Waals surface area contributed by atoms with Gasteiger partial charge in [-0.2, -0.15) is 0 Å². The van der Waals surface area contributed by atoms with Gasteiger partial charge in [0.15, 0.2) is 0 Å². The summed E-state index contributed by atoms with van der Waals surface area (Å²) in [7, 11) is 0. The predicted octanol–water partition coefficient (Wildman–Crippen LogP) is 4.35. The van der Waals surface area contributed by atoms with Gasteiger partial charge in [0.2, 0.25) is 0 Å². The number of hydrogen-bond donors (Lipinski definition) is 1. The van der Waals surface area contributed by atoms with Crippen molar-refractivity contribution >= 4 is 17.4 Å². The van der Waals surface area contributed by atoms with E-state index < -0.39 is 6.36 Å². The minimum Gasteiger partial charge on any atom is -0.406 e. The average molecular weight is 365 g/mol. The van der Waals surface area contributed by atoms with E-state index in [-0.39, 0.29) is 11.7 Å². The second kappa shape index (κ2) is 7.63. The molecule has 0 radical (unpaired) electrons. The van der Waals surface area contributed by atoms with Gasteiger partial charge in [-0.3, -0.25) is 4.79 Å². The number of rotatable bonds is 4. The monoisotopic (exact) mass is 365 g/mol. The SMILES string of the molecule is O=C(c1ccc(Nc2ccc(OC(F)(F)F)cc2)nc1)N1CCCCC1. The Balaban J connectivity index is 1.61. The lowest BCUT2D eigenvalue weighted by atomic mass is 10.1. The molecule has 1 aliphatic rings. The molecule has 0 aliphatic carbocycles. The van der Waals surface area contributed by atoms with Crippen LogP contribution >= 0.6 is 0 Å². The summed E-state index contributed by atoms with van der Waals surface area (Å²) in [5, 5.41) is 2.97. The molecule has 1 fully saturated rings. The van der Waals surface area contributed by atoms with Gasteiger partial charge < -0.3 is 15.0 Å². The van der Waals surface area contributed by atoms with Crippen molar-refractivity contribution < 1.29 is 22.7 Å². The number of anilines is 2. The van der Waals surface area contributed by atoms with Crippen LogP contribution in [0.1, 0.15) is 29.6 Å². The van der Waals surface area contributed by atoms with Gasteiger partial charge in [0.1, 0.15) is 11.6 Å². The van der Waals surface area contributed by atoms with Gasteiger partial charge >= 0.3 is 6.36 Å². The highest BCUT2D eigenvalue weighted by Gasteiger charge is 2.30. The third kappa shape index (κ3) is 4.87. The van der Waals surface area contributed by atoms with Crippen molar-refractivity contribution in [3.8, 4) is 5.75 Å². The van der Waals surface area contributed by atoms with Crippen molar-refractivity contribution in [2.45, 2.75) is 25.6 Å². The van der Waals surface area contributed by atoms with Crippen molar-refractivity contribution in [1.29, 1.82) is 0 Å². The Labute approximate surface area is 148 Å². The molecule has 1 aromatic heterocycles. The maximum Gasteiger partial charge on any atom is 0.573 e. The number of piperidine rings is 1. The van der Waals surface area contributed by atoms with E-state index in [0.29, 0.717) is 17.1 Å². The Bertz CT molecular complexity index is 740. The molecule has 8 heteroatoms. The molecule has 0 spiro atoms. The van der Waals surface area contributed by atoms with Crippen LogP contribution < -0.4 is 10.1 Å². The topological polar surface area (TPSA) is 54.5 Å². The molecule has 0 atom stereocenters. The van der Waals surface area contributed by atoms with E-state index in [2.05, 4.69) is 15.0 Å². The first-order valence-electron chi connectivity index (χ1n) is 8.29. The van der Waals surface area contributed by atoms with Gasteiger partial charge in [-0.05, 0) is 55.7 Å². The van der Waals surface area contributed by atoms with Crippen LogP contribution in [-0.4, -0.2) is 35.2 Å². The molecule has 1 amide bonds. The molecule has 5 nitrogen and oxygen atoms in total. The number of carbonyl (C=O) groups excluding carboxylic acids is 1. The highest BCUT2D eigenvalue weighted by Crippen LogP contribution is 2.25. The number of hydrogen-bond acceptors (Lipinski definition) is 4. The van der Waals surface area contributed by atoms with Gasteiger partial charge in [0.05, 0.1) is 5.56 Å². The summed E-state index contributed by atoms with van der Waals surface area (Å²) >= 11 is 0. The number of benzene rings is 1. The molecule has 2 aromatic rings. The smallest absolute Gasteiger partial charge is 0.406 e. The fourth-order valence-electron chi connectivity index (χ4n) is 2.76. The Morgan fingerprint density at radius 1 is 1.04 bits per heavy atom. The molecule has 26 heavy (non-hydrogen) atoms. The van der Waals surface area contributed by atoms with E-state index in [1.807, 2.05) is 4.90 Å². The fraction of sp³-hybridized carbons (Fsp3) is 0.333. The first-order valence-corrected chi connectivity index (χ1v) is 8.29. The Morgan fingerprint density at radius 2 is 1.73 bits per heavy atom. The minimum absolute atomic E-state index is 0.0302. The first-order chi connectivity index (χ1) is 12.4. The Morgan fingerprint density at radius 3 is 2.31 bits per heavy atom. The summed E-state index contributed by atoms with van der Waals surface area (Å²) < 4.78 is 40.3. The molecular formula is C18H18F3N3O2. The molecule has 0 unspecified atom stereocenters. The molecule has 2 heterocycles. The van der Waals surface area contributed by atoms with Crippen molar-refractivity contribution in [3.05, 3.63) is 48.2 Å². The quantitative estimate of drug-likeness (QED) is 0.875. The number of ether oxygens (including phenoxy) is 1. The maximum absolute atomic E-state index is 12.4. The van der Waals surface area contributed by atoms with Crippen LogP contribution in [0.25, 0.3) is 0 Å². The van der Waals surface area contributed by atoms with Crippen molar-refractivity contribution in [1.82, 2.24) is 9.88 Å². The van der Waals surface area contributed by atoms with Gasteiger partial charge in [0.25, 0.3) is 5.91 Å². The number of carbonyl (C=O) groups is 1. The zero-order valence-electron chi connectivity index (χ0n) is 13.9. The molecule has 1 aliphatic heterocycles. The number of pyridine rings is 1. The second-order valence-electron chi connectivity index (χ2n) is 5.98. The lowest BCUT2D eigenvalue weighted by molar-refractivity contribution is -0.274. The number of aromatic nitrogens is 1. The van der Waals surface area contributed by atoms with Crippen LogP contribution in [0, 0.1) is 0 Å². The van der Waals surface area contributed by atoms with Gasteiger partial charge in [-0.25, -0.2) is 4.98 Å². The third-order valence-corrected chi connectivity index (χ3v) is 4.01. The summed E-state index contributed by atoms with van der Waals surface area (Å²) in [5.74, 6) is 0.167. The van der Waals surface area contributed by atoms with Crippen LogP contribution in [-0.2, 0) is 0 Å². The van der Waals surface area contributed by atoms with E-state index in [9.17, 15) is 18.0 Å². The maximum atomic E-state index is 12.4. The van der Waals surface area contributed by atoms with Crippen molar-refractivity contribution in [2.75, 3.05) is 18.4 Å². The largest absolute Gasteiger partial charge is 0.573 e. The number of alkyl halides is 3. The van der Waals surface area contributed by atoms with Crippen molar-refractivity contribution in [3.63, 3.8) is 0 Å². The molecule has 1 saturated heterocycles.